The van der Waals surface area contributed by atoms with Crippen LogP contribution in [-0.4, -0.2) is 33.5 Å². The van der Waals surface area contributed by atoms with Crippen LogP contribution in [0.4, 0.5) is 0 Å². The summed E-state index contributed by atoms with van der Waals surface area (Å²) in [7, 11) is -1.78. The highest BCUT2D eigenvalue weighted by atomic mass is 32.2. The summed E-state index contributed by atoms with van der Waals surface area (Å²) in [6.45, 7) is 0.357. The number of hydrogen-bond acceptors (Lipinski definition) is 4. The van der Waals surface area contributed by atoms with Gasteiger partial charge in [0.15, 0.2) is 0 Å². The molecule has 7 heteroatoms. The average Bonchev–Trinajstić information content (AvgIpc) is 3.17. The molecule has 0 saturated heterocycles. The van der Waals surface area contributed by atoms with Crippen LogP contribution in [-0.2, 0) is 23.6 Å². The van der Waals surface area contributed by atoms with Crippen molar-refractivity contribution in [1.29, 1.82) is 0 Å². The van der Waals surface area contributed by atoms with Gasteiger partial charge in [-0.15, -0.1) is 0 Å². The molecule has 20 heavy (non-hydrogen) atoms. The van der Waals surface area contributed by atoms with Crippen LogP contribution in [0.5, 0.6) is 0 Å². The van der Waals surface area contributed by atoms with E-state index < -0.39 is 10.0 Å². The van der Waals surface area contributed by atoms with Crippen LogP contribution in [0.3, 0.4) is 0 Å². The standard InChI is InChI=1S/C13H16N4O2S/c1-16-10-13(8-15-16)20(18,19)17(12-4-5-12)9-11-3-2-6-14-7-11/h2-3,6-8,10,12H,4-5,9H2,1H3. The van der Waals surface area contributed by atoms with E-state index in [1.54, 1.807) is 23.7 Å². The first-order valence-electron chi connectivity index (χ1n) is 6.47. The summed E-state index contributed by atoms with van der Waals surface area (Å²) in [6.07, 6.45) is 8.15. The van der Waals surface area contributed by atoms with Crippen LogP contribution in [0.15, 0.2) is 41.8 Å². The molecule has 1 aliphatic rings. The summed E-state index contributed by atoms with van der Waals surface area (Å²) in [6, 6.07) is 3.80. The second-order valence-electron chi connectivity index (χ2n) is 4.99. The van der Waals surface area contributed by atoms with Gasteiger partial charge in [0.05, 0.1) is 6.20 Å². The van der Waals surface area contributed by atoms with Gasteiger partial charge in [0.1, 0.15) is 4.90 Å². The van der Waals surface area contributed by atoms with E-state index in [0.717, 1.165) is 18.4 Å². The number of pyridine rings is 1. The van der Waals surface area contributed by atoms with E-state index in [4.69, 9.17) is 0 Å². The molecular formula is C13H16N4O2S. The lowest BCUT2D eigenvalue weighted by atomic mass is 10.3. The lowest BCUT2D eigenvalue weighted by Crippen LogP contribution is -2.32. The summed E-state index contributed by atoms with van der Waals surface area (Å²) in [4.78, 5) is 4.28. The van der Waals surface area contributed by atoms with E-state index >= 15 is 0 Å². The lowest BCUT2D eigenvalue weighted by molar-refractivity contribution is 0.398. The molecule has 0 spiro atoms. The molecule has 2 heterocycles. The fourth-order valence-electron chi connectivity index (χ4n) is 2.11. The molecule has 1 fully saturated rings. The predicted molar refractivity (Wildman–Crippen MR) is 73.2 cm³/mol. The van der Waals surface area contributed by atoms with E-state index in [2.05, 4.69) is 10.1 Å². The van der Waals surface area contributed by atoms with E-state index in [-0.39, 0.29) is 10.9 Å². The van der Waals surface area contributed by atoms with Gasteiger partial charge >= 0.3 is 0 Å². The van der Waals surface area contributed by atoms with Gasteiger partial charge in [0.2, 0.25) is 10.0 Å². The van der Waals surface area contributed by atoms with Gasteiger partial charge in [-0.25, -0.2) is 8.42 Å². The quantitative estimate of drug-likeness (QED) is 0.829. The smallest absolute Gasteiger partial charge is 0.246 e. The number of sulfonamides is 1. The van der Waals surface area contributed by atoms with Crippen molar-refractivity contribution in [2.45, 2.75) is 30.3 Å². The first kappa shape index (κ1) is 13.3. The number of aryl methyl sites for hydroxylation is 1. The third-order valence-corrected chi connectivity index (χ3v) is 5.15. The van der Waals surface area contributed by atoms with Crippen LogP contribution in [0.1, 0.15) is 18.4 Å². The zero-order chi connectivity index (χ0) is 14.2. The first-order chi connectivity index (χ1) is 9.57. The molecule has 0 amide bonds. The Labute approximate surface area is 118 Å². The first-order valence-corrected chi connectivity index (χ1v) is 7.91. The van der Waals surface area contributed by atoms with Gasteiger partial charge in [-0.1, -0.05) is 6.07 Å². The van der Waals surface area contributed by atoms with Crippen molar-refractivity contribution in [3.63, 3.8) is 0 Å². The number of aromatic nitrogens is 3. The fraction of sp³-hybridized carbons (Fsp3) is 0.385. The Kier molecular flexibility index (Phi) is 3.31. The van der Waals surface area contributed by atoms with Crippen LogP contribution in [0, 0.1) is 0 Å². The molecule has 1 aliphatic carbocycles. The van der Waals surface area contributed by atoms with Crippen molar-refractivity contribution in [1.82, 2.24) is 19.1 Å². The normalized spacial score (nSPS) is 15.7. The Balaban J connectivity index is 1.91. The Hall–Kier alpha value is -1.73. The van der Waals surface area contributed by atoms with Crippen molar-refractivity contribution in [3.8, 4) is 0 Å². The largest absolute Gasteiger partial charge is 0.274 e. The highest BCUT2D eigenvalue weighted by molar-refractivity contribution is 7.89. The van der Waals surface area contributed by atoms with Crippen LogP contribution >= 0.6 is 0 Å². The van der Waals surface area contributed by atoms with Crippen molar-refractivity contribution in [3.05, 3.63) is 42.5 Å². The molecule has 2 aromatic rings. The van der Waals surface area contributed by atoms with Crippen molar-refractivity contribution in [2.75, 3.05) is 0 Å². The van der Waals surface area contributed by atoms with E-state index in [0.29, 0.717) is 6.54 Å². The Bertz CT molecular complexity index is 692. The molecule has 2 aromatic heterocycles. The fourth-order valence-corrected chi connectivity index (χ4v) is 3.77. The highest BCUT2D eigenvalue weighted by Gasteiger charge is 2.38. The summed E-state index contributed by atoms with van der Waals surface area (Å²) in [5.74, 6) is 0. The highest BCUT2D eigenvalue weighted by Crippen LogP contribution is 2.33. The zero-order valence-electron chi connectivity index (χ0n) is 11.2. The van der Waals surface area contributed by atoms with Gasteiger partial charge in [-0.05, 0) is 24.5 Å². The number of rotatable bonds is 5. The summed E-state index contributed by atoms with van der Waals surface area (Å²) in [5.41, 5.74) is 0.895. The Morgan fingerprint density at radius 2 is 2.20 bits per heavy atom. The molecule has 0 N–H and O–H groups in total. The van der Waals surface area contributed by atoms with Crippen LogP contribution < -0.4 is 0 Å². The Morgan fingerprint density at radius 1 is 1.40 bits per heavy atom. The number of hydrogen-bond donors (Lipinski definition) is 0. The van der Waals surface area contributed by atoms with E-state index in [1.165, 1.54) is 17.1 Å². The van der Waals surface area contributed by atoms with Gasteiger partial charge in [0, 0.05) is 38.2 Å². The van der Waals surface area contributed by atoms with Crippen molar-refractivity contribution >= 4 is 10.0 Å². The molecule has 3 rings (SSSR count). The minimum atomic E-state index is -3.49. The van der Waals surface area contributed by atoms with Crippen molar-refractivity contribution in [2.24, 2.45) is 7.05 Å². The van der Waals surface area contributed by atoms with Gasteiger partial charge in [-0.2, -0.15) is 9.40 Å². The molecule has 0 aromatic carbocycles. The molecule has 0 atom stereocenters. The summed E-state index contributed by atoms with van der Waals surface area (Å²) in [5, 5.41) is 3.95. The second kappa shape index (κ2) is 4.99. The second-order valence-corrected chi connectivity index (χ2v) is 6.88. The van der Waals surface area contributed by atoms with Crippen LogP contribution in [0.2, 0.25) is 0 Å². The molecule has 0 unspecified atom stereocenters. The third kappa shape index (κ3) is 2.59. The molecular weight excluding hydrogens is 276 g/mol. The Morgan fingerprint density at radius 3 is 2.75 bits per heavy atom. The molecule has 0 aliphatic heterocycles. The molecule has 0 bridgehead atoms. The van der Waals surface area contributed by atoms with E-state index in [1.807, 2.05) is 12.1 Å². The predicted octanol–water partition coefficient (Wildman–Crippen LogP) is 1.17. The average molecular weight is 292 g/mol. The molecule has 6 nitrogen and oxygen atoms in total. The maximum atomic E-state index is 12.7. The minimum absolute atomic E-state index is 0.0976. The minimum Gasteiger partial charge on any atom is -0.274 e. The maximum absolute atomic E-state index is 12.7. The summed E-state index contributed by atoms with van der Waals surface area (Å²) >= 11 is 0. The number of nitrogens with zero attached hydrogens (tertiary/aromatic N) is 4. The molecule has 0 radical (unpaired) electrons. The third-order valence-electron chi connectivity index (χ3n) is 3.30. The molecule has 106 valence electrons. The van der Waals surface area contributed by atoms with Gasteiger partial charge < -0.3 is 0 Å². The monoisotopic (exact) mass is 292 g/mol. The van der Waals surface area contributed by atoms with Crippen LogP contribution in [0.25, 0.3) is 0 Å². The van der Waals surface area contributed by atoms with Gasteiger partial charge in [0.25, 0.3) is 0 Å². The van der Waals surface area contributed by atoms with Crippen molar-refractivity contribution < 1.29 is 8.42 Å². The summed E-state index contributed by atoms with van der Waals surface area (Å²) < 4.78 is 28.4. The lowest BCUT2D eigenvalue weighted by Gasteiger charge is -2.20. The van der Waals surface area contributed by atoms with E-state index in [9.17, 15) is 8.42 Å². The maximum Gasteiger partial charge on any atom is 0.246 e. The molecule has 1 saturated carbocycles. The van der Waals surface area contributed by atoms with Gasteiger partial charge in [-0.3, -0.25) is 9.67 Å². The SMILES string of the molecule is Cn1cc(S(=O)(=O)N(Cc2cccnc2)C2CC2)cn1. The topological polar surface area (TPSA) is 68.1 Å². The zero-order valence-corrected chi connectivity index (χ0v) is 12.0.